The van der Waals surface area contributed by atoms with E-state index in [1.807, 2.05) is 32.7 Å². The largest absolute Gasteiger partial charge is 0.336 e. The maximum absolute atomic E-state index is 12.4. The second-order valence-electron chi connectivity index (χ2n) is 4.50. The molecule has 0 aliphatic heterocycles. The highest BCUT2D eigenvalue weighted by Crippen LogP contribution is 2.12. The van der Waals surface area contributed by atoms with E-state index in [1.54, 1.807) is 10.9 Å². The molecule has 0 aromatic carbocycles. The molecule has 0 fully saturated rings. The van der Waals surface area contributed by atoms with E-state index in [-0.39, 0.29) is 11.9 Å². The molecule has 2 N–H and O–H groups in total. The third kappa shape index (κ3) is 3.06. The normalized spacial score (nSPS) is 10.9. The summed E-state index contributed by atoms with van der Waals surface area (Å²) in [5.41, 5.74) is 7.07. The number of aromatic nitrogens is 2. The van der Waals surface area contributed by atoms with Gasteiger partial charge in [0.05, 0.1) is 11.8 Å². The molecule has 1 rings (SSSR count). The first kappa shape index (κ1) is 13.7. The molecule has 96 valence electrons. The summed E-state index contributed by atoms with van der Waals surface area (Å²) in [6.45, 7) is 7.23. The topological polar surface area (TPSA) is 64.2 Å². The lowest BCUT2D eigenvalue weighted by Crippen LogP contribution is -2.38. The maximum atomic E-state index is 12.4. The predicted molar refractivity (Wildman–Crippen MR) is 67.8 cm³/mol. The molecule has 1 heterocycles. The van der Waals surface area contributed by atoms with E-state index in [4.69, 9.17) is 5.73 Å². The van der Waals surface area contributed by atoms with Gasteiger partial charge in [0.1, 0.15) is 0 Å². The summed E-state index contributed by atoms with van der Waals surface area (Å²) in [6, 6.07) is 0.175. The van der Waals surface area contributed by atoms with Crippen molar-refractivity contribution in [3.63, 3.8) is 0 Å². The first-order valence-corrected chi connectivity index (χ1v) is 5.98. The van der Waals surface area contributed by atoms with Crippen molar-refractivity contribution in [1.82, 2.24) is 14.7 Å². The van der Waals surface area contributed by atoms with E-state index in [9.17, 15) is 4.79 Å². The van der Waals surface area contributed by atoms with Crippen LogP contribution in [0.5, 0.6) is 0 Å². The average molecular weight is 238 g/mol. The molecule has 0 radical (unpaired) electrons. The highest BCUT2D eigenvalue weighted by molar-refractivity contribution is 5.95. The van der Waals surface area contributed by atoms with Crippen LogP contribution in [0.3, 0.4) is 0 Å². The average Bonchev–Trinajstić information content (AvgIpc) is 2.59. The Morgan fingerprint density at radius 2 is 2.24 bits per heavy atom. The molecule has 0 aliphatic rings. The molecule has 1 aromatic rings. The Morgan fingerprint density at radius 3 is 2.65 bits per heavy atom. The van der Waals surface area contributed by atoms with Crippen LogP contribution in [-0.2, 0) is 7.05 Å². The van der Waals surface area contributed by atoms with E-state index in [0.29, 0.717) is 18.7 Å². The number of hydrogen-bond acceptors (Lipinski definition) is 3. The Bertz CT molecular complexity index is 384. The van der Waals surface area contributed by atoms with Gasteiger partial charge in [-0.3, -0.25) is 9.48 Å². The molecular weight excluding hydrogens is 216 g/mol. The first-order chi connectivity index (χ1) is 7.99. The van der Waals surface area contributed by atoms with Gasteiger partial charge < -0.3 is 10.6 Å². The van der Waals surface area contributed by atoms with Crippen molar-refractivity contribution in [2.45, 2.75) is 33.2 Å². The summed E-state index contributed by atoms with van der Waals surface area (Å²) in [5, 5.41) is 4.10. The molecule has 17 heavy (non-hydrogen) atoms. The number of carbonyl (C=O) groups excluding carboxylic acids is 1. The maximum Gasteiger partial charge on any atom is 0.257 e. The zero-order chi connectivity index (χ0) is 13.0. The number of amides is 1. The SMILES string of the molecule is Cc1c(C(=O)N(CCCN)C(C)C)cnn1C. The van der Waals surface area contributed by atoms with Gasteiger partial charge in [-0.25, -0.2) is 0 Å². The van der Waals surface area contributed by atoms with E-state index in [1.165, 1.54) is 0 Å². The van der Waals surface area contributed by atoms with Gasteiger partial charge in [0.2, 0.25) is 0 Å². The minimum atomic E-state index is 0.0408. The van der Waals surface area contributed by atoms with Crippen LogP contribution in [0.25, 0.3) is 0 Å². The molecule has 0 aliphatic carbocycles. The minimum absolute atomic E-state index is 0.0408. The van der Waals surface area contributed by atoms with Crippen LogP contribution in [0.4, 0.5) is 0 Å². The summed E-state index contributed by atoms with van der Waals surface area (Å²) < 4.78 is 1.72. The molecular formula is C12H22N4O. The highest BCUT2D eigenvalue weighted by Gasteiger charge is 2.21. The van der Waals surface area contributed by atoms with Gasteiger partial charge >= 0.3 is 0 Å². The van der Waals surface area contributed by atoms with Crippen LogP contribution in [0.15, 0.2) is 6.20 Å². The van der Waals surface area contributed by atoms with Gasteiger partial charge in [0.15, 0.2) is 0 Å². The Morgan fingerprint density at radius 1 is 1.59 bits per heavy atom. The standard InChI is InChI=1S/C12H22N4O/c1-9(2)16(7-5-6-13)12(17)11-8-14-15(4)10(11)3/h8-9H,5-7,13H2,1-4H3. The number of hydrogen-bond donors (Lipinski definition) is 1. The molecule has 0 bridgehead atoms. The second kappa shape index (κ2) is 5.82. The van der Waals surface area contributed by atoms with E-state index < -0.39 is 0 Å². The fraction of sp³-hybridized carbons (Fsp3) is 0.667. The lowest BCUT2D eigenvalue weighted by atomic mass is 10.2. The van der Waals surface area contributed by atoms with Crippen molar-refractivity contribution in [1.29, 1.82) is 0 Å². The summed E-state index contributed by atoms with van der Waals surface area (Å²) in [4.78, 5) is 14.2. The van der Waals surface area contributed by atoms with Crippen molar-refractivity contribution in [2.24, 2.45) is 12.8 Å². The van der Waals surface area contributed by atoms with Gasteiger partial charge in [0.25, 0.3) is 5.91 Å². The highest BCUT2D eigenvalue weighted by atomic mass is 16.2. The molecule has 0 saturated heterocycles. The Labute approximate surface area is 103 Å². The quantitative estimate of drug-likeness (QED) is 0.830. The number of nitrogens with zero attached hydrogens (tertiary/aromatic N) is 3. The Kier molecular flexibility index (Phi) is 4.69. The van der Waals surface area contributed by atoms with Crippen LogP contribution in [-0.4, -0.2) is 39.7 Å². The molecule has 0 saturated carbocycles. The first-order valence-electron chi connectivity index (χ1n) is 5.98. The van der Waals surface area contributed by atoms with Gasteiger partial charge in [0, 0.05) is 25.3 Å². The lowest BCUT2D eigenvalue weighted by molar-refractivity contribution is 0.0704. The zero-order valence-electron chi connectivity index (χ0n) is 11.1. The number of rotatable bonds is 5. The molecule has 1 aromatic heterocycles. The fourth-order valence-corrected chi connectivity index (χ4v) is 1.72. The van der Waals surface area contributed by atoms with E-state index in [0.717, 1.165) is 12.1 Å². The molecule has 0 unspecified atom stereocenters. The summed E-state index contributed by atoms with van der Waals surface area (Å²) in [5.74, 6) is 0.0408. The van der Waals surface area contributed by atoms with Crippen molar-refractivity contribution < 1.29 is 4.79 Å². The van der Waals surface area contributed by atoms with Crippen LogP contribution in [0, 0.1) is 6.92 Å². The minimum Gasteiger partial charge on any atom is -0.336 e. The van der Waals surface area contributed by atoms with E-state index >= 15 is 0 Å². The number of carbonyl (C=O) groups is 1. The van der Waals surface area contributed by atoms with Crippen LogP contribution >= 0.6 is 0 Å². The molecule has 5 nitrogen and oxygen atoms in total. The van der Waals surface area contributed by atoms with Crippen LogP contribution in [0.2, 0.25) is 0 Å². The van der Waals surface area contributed by atoms with Crippen molar-refractivity contribution in [2.75, 3.05) is 13.1 Å². The summed E-state index contributed by atoms with van der Waals surface area (Å²) >= 11 is 0. The molecule has 0 spiro atoms. The zero-order valence-corrected chi connectivity index (χ0v) is 11.1. The van der Waals surface area contributed by atoms with Gasteiger partial charge in [-0.1, -0.05) is 0 Å². The van der Waals surface area contributed by atoms with Gasteiger partial charge in [-0.05, 0) is 33.7 Å². The Hall–Kier alpha value is -1.36. The summed E-state index contributed by atoms with van der Waals surface area (Å²) in [6.07, 6.45) is 2.46. The third-order valence-corrected chi connectivity index (χ3v) is 2.95. The van der Waals surface area contributed by atoms with Crippen molar-refractivity contribution in [3.8, 4) is 0 Å². The van der Waals surface area contributed by atoms with Crippen LogP contribution < -0.4 is 5.73 Å². The summed E-state index contributed by atoms with van der Waals surface area (Å²) in [7, 11) is 1.84. The van der Waals surface area contributed by atoms with Crippen molar-refractivity contribution in [3.05, 3.63) is 17.5 Å². The molecule has 5 heteroatoms. The monoisotopic (exact) mass is 238 g/mol. The smallest absolute Gasteiger partial charge is 0.257 e. The predicted octanol–water partition coefficient (Wildman–Crippen LogP) is 0.928. The third-order valence-electron chi connectivity index (χ3n) is 2.95. The molecule has 1 amide bonds. The number of aryl methyl sites for hydroxylation is 1. The lowest BCUT2D eigenvalue weighted by Gasteiger charge is -2.26. The van der Waals surface area contributed by atoms with Gasteiger partial charge in [-0.15, -0.1) is 0 Å². The van der Waals surface area contributed by atoms with E-state index in [2.05, 4.69) is 5.10 Å². The molecule has 0 atom stereocenters. The van der Waals surface area contributed by atoms with Gasteiger partial charge in [-0.2, -0.15) is 5.10 Å². The van der Waals surface area contributed by atoms with Crippen LogP contribution in [0.1, 0.15) is 36.3 Å². The fourth-order valence-electron chi connectivity index (χ4n) is 1.72. The Balaban J connectivity index is 2.88. The van der Waals surface area contributed by atoms with Crippen molar-refractivity contribution >= 4 is 5.91 Å². The second-order valence-corrected chi connectivity index (χ2v) is 4.50. The number of nitrogens with two attached hydrogens (primary N) is 1.